The van der Waals surface area contributed by atoms with Crippen molar-refractivity contribution in [3.05, 3.63) is 32.3 Å². The summed E-state index contributed by atoms with van der Waals surface area (Å²) in [5.74, 6) is -0.232. The molecule has 1 aromatic rings. The van der Waals surface area contributed by atoms with Gasteiger partial charge in [-0.3, -0.25) is 34.3 Å². The number of hydrogen-bond donors (Lipinski definition) is 2. The Bertz CT molecular complexity index is 739. The molecule has 2 aliphatic rings. The number of fused-ring (bicyclic) bond motifs is 1. The molecule has 124 valence electrons. The van der Waals surface area contributed by atoms with Crippen molar-refractivity contribution in [2.45, 2.75) is 12.5 Å². The number of H-pyrrole nitrogens is 2. The monoisotopic (exact) mass is 321 g/mol. The van der Waals surface area contributed by atoms with Gasteiger partial charge in [-0.05, 0) is 0 Å². The average molecular weight is 321 g/mol. The van der Waals surface area contributed by atoms with Crippen LogP contribution in [0.5, 0.6) is 0 Å². The Morgan fingerprint density at radius 3 is 2.70 bits per heavy atom. The highest BCUT2D eigenvalue weighted by Crippen LogP contribution is 2.16. The van der Waals surface area contributed by atoms with Gasteiger partial charge in [-0.2, -0.15) is 0 Å². The first-order valence-electron chi connectivity index (χ1n) is 7.53. The standard InChI is InChI=1S/C14H19N5O4/c1-17-2-3-18-4-5-19(8-10(18)14(17)23)12(21)7-9-6-11(20)15-16-13(9)22/h6,10H,2-5,7-8H2,1H3,(H,15,20)(H,16,22)/t10-/m0/s1. The Morgan fingerprint density at radius 2 is 1.91 bits per heavy atom. The van der Waals surface area contributed by atoms with Crippen LogP contribution in [-0.2, 0) is 16.0 Å². The van der Waals surface area contributed by atoms with Crippen molar-refractivity contribution < 1.29 is 9.59 Å². The molecule has 3 heterocycles. The topological polar surface area (TPSA) is 110 Å². The zero-order valence-corrected chi connectivity index (χ0v) is 12.9. The van der Waals surface area contributed by atoms with E-state index in [2.05, 4.69) is 15.1 Å². The number of hydrogen-bond acceptors (Lipinski definition) is 5. The lowest BCUT2D eigenvalue weighted by Crippen LogP contribution is -2.64. The Morgan fingerprint density at radius 1 is 1.17 bits per heavy atom. The Labute approximate surface area is 131 Å². The SMILES string of the molecule is CN1CCN2CCN(C(=O)Cc3cc(=O)[nH][nH]c3=O)C[C@H]2C1=O. The van der Waals surface area contributed by atoms with Crippen LogP contribution in [0.15, 0.2) is 15.7 Å². The van der Waals surface area contributed by atoms with Gasteiger partial charge in [0.15, 0.2) is 0 Å². The molecule has 2 amide bonds. The summed E-state index contributed by atoms with van der Waals surface area (Å²) in [6.07, 6.45) is -0.143. The molecule has 0 saturated carbocycles. The highest BCUT2D eigenvalue weighted by Gasteiger charge is 2.38. The first-order chi connectivity index (χ1) is 11.0. The lowest BCUT2D eigenvalue weighted by molar-refractivity contribution is -0.147. The fourth-order valence-corrected chi connectivity index (χ4v) is 3.06. The van der Waals surface area contributed by atoms with Crippen molar-refractivity contribution in [3.8, 4) is 0 Å². The fourth-order valence-electron chi connectivity index (χ4n) is 3.06. The van der Waals surface area contributed by atoms with Crippen LogP contribution in [0, 0.1) is 0 Å². The number of aromatic nitrogens is 2. The molecule has 0 aromatic carbocycles. The molecule has 0 aliphatic carbocycles. The minimum atomic E-state index is -0.481. The number of nitrogens with zero attached hydrogens (tertiary/aromatic N) is 3. The quantitative estimate of drug-likeness (QED) is 0.630. The first kappa shape index (κ1) is 15.5. The molecule has 2 aliphatic heterocycles. The number of likely N-dealkylation sites (N-methyl/N-ethyl adjacent to an activating group) is 1. The largest absolute Gasteiger partial charge is 0.343 e. The van der Waals surface area contributed by atoms with Crippen molar-refractivity contribution >= 4 is 11.8 Å². The number of carbonyl (C=O) groups excluding carboxylic acids is 2. The van der Waals surface area contributed by atoms with E-state index in [4.69, 9.17) is 0 Å². The summed E-state index contributed by atoms with van der Waals surface area (Å²) in [6.45, 7) is 2.99. The van der Waals surface area contributed by atoms with Crippen LogP contribution < -0.4 is 11.1 Å². The third-order valence-electron chi connectivity index (χ3n) is 4.47. The summed E-state index contributed by atoms with van der Waals surface area (Å²) in [6, 6.07) is 0.816. The van der Waals surface area contributed by atoms with E-state index in [0.29, 0.717) is 26.2 Å². The average Bonchev–Trinajstić information content (AvgIpc) is 2.54. The lowest BCUT2D eigenvalue weighted by atomic mass is 10.1. The van der Waals surface area contributed by atoms with E-state index in [1.807, 2.05) is 0 Å². The molecule has 2 fully saturated rings. The highest BCUT2D eigenvalue weighted by molar-refractivity contribution is 5.85. The van der Waals surface area contributed by atoms with Crippen LogP contribution in [0.1, 0.15) is 5.56 Å². The summed E-state index contributed by atoms with van der Waals surface area (Å²) in [7, 11) is 1.76. The predicted octanol–water partition coefficient (Wildman–Crippen LogP) is -2.41. The van der Waals surface area contributed by atoms with Gasteiger partial charge in [0.1, 0.15) is 6.04 Å². The van der Waals surface area contributed by atoms with Gasteiger partial charge in [0.05, 0.1) is 6.42 Å². The molecule has 2 saturated heterocycles. The van der Waals surface area contributed by atoms with Crippen LogP contribution in [-0.4, -0.2) is 82.5 Å². The molecule has 23 heavy (non-hydrogen) atoms. The van der Waals surface area contributed by atoms with E-state index in [0.717, 1.165) is 12.6 Å². The van der Waals surface area contributed by atoms with Crippen LogP contribution in [0.3, 0.4) is 0 Å². The summed E-state index contributed by atoms with van der Waals surface area (Å²) in [4.78, 5) is 52.9. The molecule has 1 atom stereocenters. The van der Waals surface area contributed by atoms with Gasteiger partial charge in [0, 0.05) is 51.4 Å². The molecule has 9 nitrogen and oxygen atoms in total. The zero-order chi connectivity index (χ0) is 16.6. The minimum absolute atomic E-state index is 0.0164. The number of rotatable bonds is 2. The summed E-state index contributed by atoms with van der Waals surface area (Å²) in [5, 5.41) is 4.37. The van der Waals surface area contributed by atoms with Gasteiger partial charge in [0.25, 0.3) is 11.1 Å². The lowest BCUT2D eigenvalue weighted by Gasteiger charge is -2.45. The van der Waals surface area contributed by atoms with Crippen molar-refractivity contribution in [2.24, 2.45) is 0 Å². The second kappa shape index (κ2) is 5.99. The Hall–Kier alpha value is -2.42. The van der Waals surface area contributed by atoms with Gasteiger partial charge in [-0.15, -0.1) is 0 Å². The van der Waals surface area contributed by atoms with E-state index in [-0.39, 0.29) is 29.8 Å². The molecule has 0 unspecified atom stereocenters. The molecule has 3 rings (SSSR count). The fraction of sp³-hybridized carbons (Fsp3) is 0.571. The summed E-state index contributed by atoms with van der Waals surface area (Å²) in [5.41, 5.74) is -0.806. The smallest absolute Gasteiger partial charge is 0.266 e. The van der Waals surface area contributed by atoms with Gasteiger partial charge >= 0.3 is 0 Å². The van der Waals surface area contributed by atoms with Crippen LogP contribution in [0.2, 0.25) is 0 Å². The Kier molecular flexibility index (Phi) is 4.03. The van der Waals surface area contributed by atoms with Gasteiger partial charge < -0.3 is 9.80 Å². The third-order valence-corrected chi connectivity index (χ3v) is 4.47. The molecule has 0 radical (unpaired) electrons. The van der Waals surface area contributed by atoms with E-state index < -0.39 is 11.1 Å². The normalized spacial score (nSPS) is 22.1. The number of piperazine rings is 2. The van der Waals surface area contributed by atoms with Crippen LogP contribution >= 0.6 is 0 Å². The van der Waals surface area contributed by atoms with E-state index in [1.54, 1.807) is 16.8 Å². The first-order valence-corrected chi connectivity index (χ1v) is 7.53. The minimum Gasteiger partial charge on any atom is -0.343 e. The van der Waals surface area contributed by atoms with Crippen LogP contribution in [0.25, 0.3) is 0 Å². The number of amides is 2. The van der Waals surface area contributed by atoms with Crippen molar-refractivity contribution in [3.63, 3.8) is 0 Å². The van der Waals surface area contributed by atoms with E-state index in [1.165, 1.54) is 0 Å². The van der Waals surface area contributed by atoms with Crippen molar-refractivity contribution in [1.29, 1.82) is 0 Å². The zero-order valence-electron chi connectivity index (χ0n) is 12.9. The molecular formula is C14H19N5O4. The van der Waals surface area contributed by atoms with Crippen molar-refractivity contribution in [1.82, 2.24) is 24.9 Å². The molecule has 0 spiro atoms. The second-order valence-corrected chi connectivity index (χ2v) is 5.94. The molecule has 1 aromatic heterocycles. The maximum absolute atomic E-state index is 12.4. The maximum atomic E-state index is 12.4. The maximum Gasteiger partial charge on any atom is 0.266 e. The van der Waals surface area contributed by atoms with Crippen LogP contribution in [0.4, 0.5) is 0 Å². The number of aromatic amines is 2. The number of nitrogens with one attached hydrogen (secondary N) is 2. The highest BCUT2D eigenvalue weighted by atomic mass is 16.2. The second-order valence-electron chi connectivity index (χ2n) is 5.94. The predicted molar refractivity (Wildman–Crippen MR) is 81.0 cm³/mol. The van der Waals surface area contributed by atoms with E-state index in [9.17, 15) is 19.2 Å². The third kappa shape index (κ3) is 3.04. The Balaban J connectivity index is 1.71. The van der Waals surface area contributed by atoms with E-state index >= 15 is 0 Å². The number of carbonyl (C=O) groups is 2. The van der Waals surface area contributed by atoms with Gasteiger partial charge in [-0.25, -0.2) is 0 Å². The molecule has 0 bridgehead atoms. The molecule has 2 N–H and O–H groups in total. The molecule has 9 heteroatoms. The van der Waals surface area contributed by atoms with Gasteiger partial charge in [-0.1, -0.05) is 0 Å². The molecular weight excluding hydrogens is 302 g/mol. The van der Waals surface area contributed by atoms with Gasteiger partial charge in [0.2, 0.25) is 11.8 Å². The summed E-state index contributed by atoms with van der Waals surface area (Å²) >= 11 is 0. The summed E-state index contributed by atoms with van der Waals surface area (Å²) < 4.78 is 0. The van der Waals surface area contributed by atoms with Crippen molar-refractivity contribution in [2.75, 3.05) is 39.8 Å².